The van der Waals surface area contributed by atoms with Gasteiger partial charge in [-0.3, -0.25) is 4.79 Å². The van der Waals surface area contributed by atoms with Crippen molar-refractivity contribution in [2.45, 2.75) is 19.4 Å². The Morgan fingerprint density at radius 2 is 2.17 bits per heavy atom. The summed E-state index contributed by atoms with van der Waals surface area (Å²) >= 11 is 0. The Bertz CT molecular complexity index is 423. The number of amides is 1. The molecule has 0 saturated heterocycles. The van der Waals surface area contributed by atoms with E-state index in [2.05, 4.69) is 5.32 Å². The van der Waals surface area contributed by atoms with Crippen LogP contribution in [-0.2, 0) is 9.53 Å². The summed E-state index contributed by atoms with van der Waals surface area (Å²) in [5.74, 6) is -0.149. The lowest BCUT2D eigenvalue weighted by Gasteiger charge is -2.14. The van der Waals surface area contributed by atoms with Crippen LogP contribution in [0.2, 0.25) is 0 Å². The molecule has 5 heteroatoms. The van der Waals surface area contributed by atoms with Crippen LogP contribution < -0.4 is 11.1 Å². The third kappa shape index (κ3) is 4.53. The normalized spacial score (nSPS) is 11.6. The lowest BCUT2D eigenvalue weighted by molar-refractivity contribution is -0.118. The second kappa shape index (κ2) is 7.43. The zero-order valence-corrected chi connectivity index (χ0v) is 10.3. The summed E-state index contributed by atoms with van der Waals surface area (Å²) in [6.07, 6.45) is -0.0296. The van der Waals surface area contributed by atoms with Crippen molar-refractivity contribution in [2.24, 2.45) is 5.73 Å². The largest absolute Gasteiger partial charge is 0.377 e. The van der Waals surface area contributed by atoms with Crippen LogP contribution in [0.1, 0.15) is 18.9 Å². The highest BCUT2D eigenvalue weighted by atomic mass is 16.5. The Hall–Kier alpha value is -1.90. The van der Waals surface area contributed by atoms with Crippen LogP contribution in [0.3, 0.4) is 0 Å². The van der Waals surface area contributed by atoms with Crippen molar-refractivity contribution < 1.29 is 9.53 Å². The van der Waals surface area contributed by atoms with Gasteiger partial charge in [-0.2, -0.15) is 5.26 Å². The van der Waals surface area contributed by atoms with Crippen molar-refractivity contribution >= 4 is 11.6 Å². The quantitative estimate of drug-likeness (QED) is 0.791. The molecular formula is C13H17N3O2. The number of hydrogen-bond acceptors (Lipinski definition) is 4. The molecule has 0 aromatic heterocycles. The maximum Gasteiger partial charge on any atom is 0.227 e. The monoisotopic (exact) mass is 247 g/mol. The summed E-state index contributed by atoms with van der Waals surface area (Å²) in [4.78, 5) is 11.7. The zero-order chi connectivity index (χ0) is 13.4. The van der Waals surface area contributed by atoms with Gasteiger partial charge in [-0.05, 0) is 31.2 Å². The number of ether oxygens (including phenoxy) is 1. The van der Waals surface area contributed by atoms with E-state index in [1.54, 1.807) is 24.3 Å². The molecule has 0 aliphatic heterocycles. The number of nitriles is 1. The molecule has 1 amide bonds. The number of carbonyl (C=O) groups is 1. The number of benzene rings is 1. The molecule has 0 saturated carbocycles. The molecule has 18 heavy (non-hydrogen) atoms. The fraction of sp³-hybridized carbons (Fsp3) is 0.385. The van der Waals surface area contributed by atoms with Crippen molar-refractivity contribution in [1.82, 2.24) is 0 Å². The van der Waals surface area contributed by atoms with Gasteiger partial charge in [-0.15, -0.1) is 0 Å². The predicted octanol–water partition coefficient (Wildman–Crippen LogP) is 1.25. The number of nitrogens with two attached hydrogens (primary N) is 1. The van der Waals surface area contributed by atoms with Crippen molar-refractivity contribution in [3.63, 3.8) is 0 Å². The summed E-state index contributed by atoms with van der Waals surface area (Å²) in [7, 11) is 0. The van der Waals surface area contributed by atoms with E-state index in [1.807, 2.05) is 13.0 Å². The van der Waals surface area contributed by atoms with Crippen LogP contribution in [0.25, 0.3) is 0 Å². The van der Waals surface area contributed by atoms with Gasteiger partial charge < -0.3 is 15.8 Å². The minimum absolute atomic E-state index is 0.149. The number of hydrogen-bond donors (Lipinski definition) is 2. The number of carbonyl (C=O) groups excluding carboxylic acids is 1. The first-order valence-electron chi connectivity index (χ1n) is 5.81. The van der Waals surface area contributed by atoms with Gasteiger partial charge in [0.1, 0.15) is 0 Å². The molecule has 1 aromatic carbocycles. The number of anilines is 1. The minimum Gasteiger partial charge on any atom is -0.377 e. The Labute approximate surface area is 107 Å². The van der Waals surface area contributed by atoms with Crippen LogP contribution in [0, 0.1) is 11.3 Å². The highest BCUT2D eigenvalue weighted by molar-refractivity contribution is 5.91. The van der Waals surface area contributed by atoms with Crippen molar-refractivity contribution in [2.75, 3.05) is 18.5 Å². The molecule has 5 nitrogen and oxygen atoms in total. The van der Waals surface area contributed by atoms with Crippen molar-refractivity contribution in [1.29, 1.82) is 5.26 Å². The number of nitrogens with zero attached hydrogens (tertiary/aromatic N) is 1. The molecule has 0 spiro atoms. The molecule has 0 heterocycles. The molecule has 1 unspecified atom stereocenters. The van der Waals surface area contributed by atoms with Crippen LogP contribution in [-0.4, -0.2) is 25.2 Å². The van der Waals surface area contributed by atoms with Crippen LogP contribution in [0.4, 0.5) is 5.69 Å². The van der Waals surface area contributed by atoms with Crippen LogP contribution in [0.15, 0.2) is 24.3 Å². The van der Waals surface area contributed by atoms with Gasteiger partial charge in [-0.25, -0.2) is 0 Å². The van der Waals surface area contributed by atoms with Crippen molar-refractivity contribution in [3.8, 4) is 6.07 Å². The van der Waals surface area contributed by atoms with E-state index in [1.165, 1.54) is 0 Å². The highest BCUT2D eigenvalue weighted by Crippen LogP contribution is 2.10. The van der Waals surface area contributed by atoms with E-state index in [-0.39, 0.29) is 18.4 Å². The molecular weight excluding hydrogens is 230 g/mol. The summed E-state index contributed by atoms with van der Waals surface area (Å²) in [5, 5.41) is 11.4. The molecule has 0 fully saturated rings. The molecule has 1 atom stereocenters. The first-order chi connectivity index (χ1) is 8.69. The Kier molecular flexibility index (Phi) is 5.85. The van der Waals surface area contributed by atoms with Gasteiger partial charge in [-0.1, -0.05) is 0 Å². The Morgan fingerprint density at radius 3 is 2.67 bits per heavy atom. The molecule has 0 radical (unpaired) electrons. The summed E-state index contributed by atoms with van der Waals surface area (Å²) in [6, 6.07) is 8.70. The summed E-state index contributed by atoms with van der Waals surface area (Å²) in [5.41, 5.74) is 6.71. The average molecular weight is 247 g/mol. The fourth-order valence-electron chi connectivity index (χ4n) is 1.49. The van der Waals surface area contributed by atoms with Gasteiger partial charge in [0, 0.05) is 18.8 Å². The van der Waals surface area contributed by atoms with E-state index in [0.29, 0.717) is 24.4 Å². The third-order valence-electron chi connectivity index (χ3n) is 2.38. The SMILES string of the molecule is CCOC(CN)CC(=O)Nc1ccc(C#N)cc1. The second-order valence-electron chi connectivity index (χ2n) is 3.75. The van der Waals surface area contributed by atoms with Gasteiger partial charge in [0.2, 0.25) is 5.91 Å². The number of nitrogens with one attached hydrogen (secondary N) is 1. The third-order valence-corrected chi connectivity index (χ3v) is 2.38. The Morgan fingerprint density at radius 1 is 1.50 bits per heavy atom. The standard InChI is InChI=1S/C13H17N3O2/c1-2-18-12(9-15)7-13(17)16-11-5-3-10(8-14)4-6-11/h3-6,12H,2,7,9,15H2,1H3,(H,16,17). The molecule has 0 aliphatic rings. The van der Waals surface area contributed by atoms with Gasteiger partial charge in [0.05, 0.1) is 24.2 Å². The second-order valence-corrected chi connectivity index (χ2v) is 3.75. The minimum atomic E-state index is -0.256. The number of rotatable bonds is 6. The van der Waals surface area contributed by atoms with Crippen LogP contribution in [0.5, 0.6) is 0 Å². The molecule has 3 N–H and O–H groups in total. The topological polar surface area (TPSA) is 88.1 Å². The first kappa shape index (κ1) is 14.2. The molecule has 96 valence electrons. The molecule has 1 rings (SSSR count). The van der Waals surface area contributed by atoms with Crippen LogP contribution >= 0.6 is 0 Å². The van der Waals surface area contributed by atoms with Gasteiger partial charge >= 0.3 is 0 Å². The van der Waals surface area contributed by atoms with E-state index in [4.69, 9.17) is 15.7 Å². The summed E-state index contributed by atoms with van der Waals surface area (Å²) in [6.45, 7) is 2.71. The van der Waals surface area contributed by atoms with Gasteiger partial charge in [0.15, 0.2) is 0 Å². The van der Waals surface area contributed by atoms with E-state index >= 15 is 0 Å². The Balaban J connectivity index is 2.50. The van der Waals surface area contributed by atoms with E-state index < -0.39 is 0 Å². The smallest absolute Gasteiger partial charge is 0.227 e. The van der Waals surface area contributed by atoms with Gasteiger partial charge in [0.25, 0.3) is 0 Å². The lowest BCUT2D eigenvalue weighted by Crippen LogP contribution is -2.29. The van der Waals surface area contributed by atoms with Crippen molar-refractivity contribution in [3.05, 3.63) is 29.8 Å². The average Bonchev–Trinajstić information content (AvgIpc) is 2.39. The predicted molar refractivity (Wildman–Crippen MR) is 68.9 cm³/mol. The zero-order valence-electron chi connectivity index (χ0n) is 10.3. The fourth-order valence-corrected chi connectivity index (χ4v) is 1.49. The summed E-state index contributed by atoms with van der Waals surface area (Å²) < 4.78 is 5.31. The highest BCUT2D eigenvalue weighted by Gasteiger charge is 2.12. The molecule has 0 bridgehead atoms. The maximum atomic E-state index is 11.7. The van der Waals surface area contributed by atoms with E-state index in [9.17, 15) is 4.79 Å². The molecule has 0 aliphatic carbocycles. The lowest BCUT2D eigenvalue weighted by atomic mass is 10.2. The first-order valence-corrected chi connectivity index (χ1v) is 5.81. The maximum absolute atomic E-state index is 11.7. The molecule has 1 aromatic rings. The van der Waals surface area contributed by atoms with E-state index in [0.717, 1.165) is 0 Å².